The van der Waals surface area contributed by atoms with Gasteiger partial charge in [0.2, 0.25) is 0 Å². The Bertz CT molecular complexity index is 1220. The molecular weight excluding hydrogens is 296 g/mol. The number of rotatable bonds is 1. The standard InChI is InChI=1S/C20H14N4/c1-13-22-23-20-19(21-17-8-4-5-9-18(17)24(13)20)16-11-10-14-6-2-3-7-15(14)12-16/h2-12H,1H3. The highest BCUT2D eigenvalue weighted by Gasteiger charge is 2.14. The van der Waals surface area contributed by atoms with Gasteiger partial charge in [-0.15, -0.1) is 10.2 Å². The lowest BCUT2D eigenvalue weighted by Crippen LogP contribution is -1.97. The molecule has 0 atom stereocenters. The lowest BCUT2D eigenvalue weighted by atomic mass is 10.0. The van der Waals surface area contributed by atoms with Gasteiger partial charge < -0.3 is 0 Å². The fraction of sp³-hybridized carbons (Fsp3) is 0.0500. The van der Waals surface area contributed by atoms with Crippen molar-refractivity contribution in [2.24, 2.45) is 0 Å². The Kier molecular flexibility index (Phi) is 2.67. The topological polar surface area (TPSA) is 43.1 Å². The highest BCUT2D eigenvalue weighted by molar-refractivity contribution is 5.91. The van der Waals surface area contributed by atoms with Crippen molar-refractivity contribution in [3.05, 3.63) is 72.6 Å². The Morgan fingerprint density at radius 1 is 0.792 bits per heavy atom. The fourth-order valence-corrected chi connectivity index (χ4v) is 3.25. The Morgan fingerprint density at radius 3 is 2.50 bits per heavy atom. The van der Waals surface area contributed by atoms with E-state index in [9.17, 15) is 0 Å². The maximum atomic E-state index is 4.87. The minimum absolute atomic E-state index is 0.793. The lowest BCUT2D eigenvalue weighted by Gasteiger charge is -2.08. The normalized spacial score (nSPS) is 11.5. The number of benzene rings is 3. The molecule has 0 bridgehead atoms. The summed E-state index contributed by atoms with van der Waals surface area (Å²) in [5.41, 5.74) is 4.67. The van der Waals surface area contributed by atoms with Gasteiger partial charge in [-0.05, 0) is 35.9 Å². The molecule has 0 unspecified atom stereocenters. The second-order valence-corrected chi connectivity index (χ2v) is 5.92. The predicted molar refractivity (Wildman–Crippen MR) is 96.0 cm³/mol. The van der Waals surface area contributed by atoms with Crippen LogP contribution in [0, 0.1) is 6.92 Å². The number of hydrogen-bond acceptors (Lipinski definition) is 3. The smallest absolute Gasteiger partial charge is 0.187 e. The molecule has 0 N–H and O–H groups in total. The average molecular weight is 310 g/mol. The molecule has 0 spiro atoms. The van der Waals surface area contributed by atoms with E-state index in [0.29, 0.717) is 0 Å². The molecule has 0 fully saturated rings. The SMILES string of the molecule is Cc1nnc2c(-c3ccc4ccccc4c3)nc3ccccc3n12. The van der Waals surface area contributed by atoms with E-state index >= 15 is 0 Å². The highest BCUT2D eigenvalue weighted by Crippen LogP contribution is 2.28. The number of nitrogens with zero attached hydrogens (tertiary/aromatic N) is 4. The van der Waals surface area contributed by atoms with E-state index in [1.165, 1.54) is 10.8 Å². The molecule has 4 nitrogen and oxygen atoms in total. The van der Waals surface area contributed by atoms with Crippen molar-refractivity contribution in [3.63, 3.8) is 0 Å². The van der Waals surface area contributed by atoms with Gasteiger partial charge in [-0.25, -0.2) is 4.98 Å². The first-order chi connectivity index (χ1) is 11.8. The Morgan fingerprint density at radius 2 is 1.58 bits per heavy atom. The lowest BCUT2D eigenvalue weighted by molar-refractivity contribution is 1.02. The first kappa shape index (κ1) is 13.2. The van der Waals surface area contributed by atoms with Gasteiger partial charge in [-0.3, -0.25) is 4.40 Å². The number of para-hydroxylation sites is 2. The maximum absolute atomic E-state index is 4.87. The molecule has 0 aliphatic heterocycles. The van der Waals surface area contributed by atoms with E-state index in [1.807, 2.05) is 25.1 Å². The van der Waals surface area contributed by atoms with E-state index in [0.717, 1.165) is 33.8 Å². The van der Waals surface area contributed by atoms with Gasteiger partial charge in [0.05, 0.1) is 11.0 Å². The van der Waals surface area contributed by atoms with Crippen LogP contribution in [0.1, 0.15) is 5.82 Å². The van der Waals surface area contributed by atoms with Crippen LogP contribution in [0.2, 0.25) is 0 Å². The molecule has 0 saturated carbocycles. The van der Waals surface area contributed by atoms with Crippen molar-refractivity contribution in [2.75, 3.05) is 0 Å². The Labute approximate surface area is 138 Å². The van der Waals surface area contributed by atoms with Crippen LogP contribution in [0.15, 0.2) is 66.7 Å². The molecule has 4 heteroatoms. The zero-order valence-corrected chi connectivity index (χ0v) is 13.1. The van der Waals surface area contributed by atoms with Crippen LogP contribution in [-0.4, -0.2) is 19.6 Å². The molecule has 0 saturated heterocycles. The first-order valence-electron chi connectivity index (χ1n) is 7.91. The van der Waals surface area contributed by atoms with E-state index in [1.54, 1.807) is 0 Å². The second-order valence-electron chi connectivity index (χ2n) is 5.92. The highest BCUT2D eigenvalue weighted by atomic mass is 15.3. The molecule has 5 aromatic rings. The molecule has 5 rings (SSSR count). The molecule has 24 heavy (non-hydrogen) atoms. The summed E-state index contributed by atoms with van der Waals surface area (Å²) in [6.45, 7) is 1.97. The minimum atomic E-state index is 0.793. The van der Waals surface area contributed by atoms with Gasteiger partial charge in [0.15, 0.2) is 5.65 Å². The van der Waals surface area contributed by atoms with Crippen LogP contribution in [0.5, 0.6) is 0 Å². The van der Waals surface area contributed by atoms with E-state index in [4.69, 9.17) is 4.98 Å². The third-order valence-electron chi connectivity index (χ3n) is 4.41. The van der Waals surface area contributed by atoms with Crippen molar-refractivity contribution >= 4 is 27.5 Å². The van der Waals surface area contributed by atoms with Crippen molar-refractivity contribution in [2.45, 2.75) is 6.92 Å². The molecule has 2 aromatic heterocycles. The molecule has 2 heterocycles. The van der Waals surface area contributed by atoms with E-state index in [-0.39, 0.29) is 0 Å². The number of aromatic nitrogens is 4. The largest absolute Gasteiger partial charge is 0.276 e. The van der Waals surface area contributed by atoms with Gasteiger partial charge in [-0.2, -0.15) is 0 Å². The molecule has 0 aliphatic carbocycles. The summed E-state index contributed by atoms with van der Waals surface area (Å²) in [7, 11) is 0. The van der Waals surface area contributed by atoms with Gasteiger partial charge in [0.1, 0.15) is 11.5 Å². The zero-order valence-electron chi connectivity index (χ0n) is 13.1. The van der Waals surface area contributed by atoms with Gasteiger partial charge in [0, 0.05) is 5.56 Å². The van der Waals surface area contributed by atoms with Crippen LogP contribution in [0.3, 0.4) is 0 Å². The van der Waals surface area contributed by atoms with Crippen molar-refractivity contribution in [1.29, 1.82) is 0 Å². The fourth-order valence-electron chi connectivity index (χ4n) is 3.25. The summed E-state index contributed by atoms with van der Waals surface area (Å²) < 4.78 is 2.08. The molecule has 0 amide bonds. The number of aryl methyl sites for hydroxylation is 1. The van der Waals surface area contributed by atoms with E-state index in [2.05, 4.69) is 63.1 Å². The third kappa shape index (κ3) is 1.83. The summed E-state index contributed by atoms with van der Waals surface area (Å²) in [4.78, 5) is 4.87. The third-order valence-corrected chi connectivity index (χ3v) is 4.41. The van der Waals surface area contributed by atoms with Gasteiger partial charge in [0.25, 0.3) is 0 Å². The summed E-state index contributed by atoms with van der Waals surface area (Å²) in [6, 6.07) is 22.8. The summed E-state index contributed by atoms with van der Waals surface area (Å²) >= 11 is 0. The molecule has 3 aromatic carbocycles. The monoisotopic (exact) mass is 310 g/mol. The second kappa shape index (κ2) is 4.86. The predicted octanol–water partition coefficient (Wildman–Crippen LogP) is 4.41. The molecular formula is C20H14N4. The van der Waals surface area contributed by atoms with Crippen LogP contribution in [0.4, 0.5) is 0 Å². The van der Waals surface area contributed by atoms with Crippen LogP contribution in [0.25, 0.3) is 38.7 Å². The Balaban J connectivity index is 1.90. The average Bonchev–Trinajstić information content (AvgIpc) is 3.03. The molecule has 114 valence electrons. The van der Waals surface area contributed by atoms with Crippen LogP contribution in [-0.2, 0) is 0 Å². The number of hydrogen-bond donors (Lipinski definition) is 0. The van der Waals surface area contributed by atoms with Crippen LogP contribution >= 0.6 is 0 Å². The first-order valence-corrected chi connectivity index (χ1v) is 7.91. The van der Waals surface area contributed by atoms with Gasteiger partial charge in [-0.1, -0.05) is 48.5 Å². The van der Waals surface area contributed by atoms with Crippen molar-refractivity contribution in [3.8, 4) is 11.3 Å². The maximum Gasteiger partial charge on any atom is 0.187 e. The molecule has 0 radical (unpaired) electrons. The quantitative estimate of drug-likeness (QED) is 0.461. The summed E-state index contributed by atoms with van der Waals surface area (Å²) in [5, 5.41) is 11.1. The molecule has 0 aliphatic rings. The Hall–Kier alpha value is -3.27. The summed E-state index contributed by atoms with van der Waals surface area (Å²) in [6.07, 6.45) is 0. The van der Waals surface area contributed by atoms with E-state index < -0.39 is 0 Å². The number of fused-ring (bicyclic) bond motifs is 4. The van der Waals surface area contributed by atoms with Gasteiger partial charge >= 0.3 is 0 Å². The van der Waals surface area contributed by atoms with Crippen molar-refractivity contribution in [1.82, 2.24) is 19.6 Å². The van der Waals surface area contributed by atoms with Crippen LogP contribution < -0.4 is 0 Å². The summed E-state index contributed by atoms with van der Waals surface area (Å²) in [5.74, 6) is 0.866. The minimum Gasteiger partial charge on any atom is -0.276 e. The van der Waals surface area contributed by atoms with Crippen molar-refractivity contribution < 1.29 is 0 Å². The zero-order chi connectivity index (χ0) is 16.1.